The highest BCUT2D eigenvalue weighted by atomic mass is 16.5. The van der Waals surface area contributed by atoms with Gasteiger partial charge in [0.2, 0.25) is 0 Å². The van der Waals surface area contributed by atoms with Crippen molar-refractivity contribution in [1.82, 2.24) is 5.32 Å². The van der Waals surface area contributed by atoms with Gasteiger partial charge in [-0.25, -0.2) is 0 Å². The summed E-state index contributed by atoms with van der Waals surface area (Å²) in [5, 5.41) is 3.51. The van der Waals surface area contributed by atoms with Crippen LogP contribution in [-0.2, 0) is 11.2 Å². The van der Waals surface area contributed by atoms with Gasteiger partial charge < -0.3 is 10.1 Å². The van der Waals surface area contributed by atoms with Gasteiger partial charge in [-0.2, -0.15) is 0 Å². The summed E-state index contributed by atoms with van der Waals surface area (Å²) in [5.74, 6) is 1.44. The van der Waals surface area contributed by atoms with Crippen LogP contribution in [0.1, 0.15) is 31.4 Å². The van der Waals surface area contributed by atoms with Crippen molar-refractivity contribution in [2.75, 3.05) is 26.8 Å². The van der Waals surface area contributed by atoms with E-state index in [1.54, 1.807) is 7.11 Å². The fraction of sp³-hybridized carbons (Fsp3) is 0.647. The number of rotatable bonds is 9. The monoisotopic (exact) mass is 263 g/mol. The summed E-state index contributed by atoms with van der Waals surface area (Å²) < 4.78 is 5.08. The molecule has 0 aliphatic rings. The Kier molecular flexibility index (Phi) is 7.76. The second kappa shape index (κ2) is 9.11. The first-order valence-corrected chi connectivity index (χ1v) is 7.42. The summed E-state index contributed by atoms with van der Waals surface area (Å²) >= 11 is 0. The van der Waals surface area contributed by atoms with Crippen molar-refractivity contribution in [2.45, 2.75) is 33.6 Å². The maximum Gasteiger partial charge on any atom is 0.0587 e. The number of hydrogen-bond donors (Lipinski definition) is 1. The summed E-state index contributed by atoms with van der Waals surface area (Å²) in [4.78, 5) is 0. The van der Waals surface area contributed by atoms with E-state index in [2.05, 4.69) is 50.4 Å². The van der Waals surface area contributed by atoms with E-state index in [4.69, 9.17) is 4.74 Å². The molecule has 19 heavy (non-hydrogen) atoms. The number of hydrogen-bond acceptors (Lipinski definition) is 2. The van der Waals surface area contributed by atoms with Crippen molar-refractivity contribution < 1.29 is 4.74 Å². The zero-order chi connectivity index (χ0) is 14.1. The van der Waals surface area contributed by atoms with Crippen LogP contribution in [0, 0.1) is 18.8 Å². The Morgan fingerprint density at radius 1 is 1.32 bits per heavy atom. The van der Waals surface area contributed by atoms with Gasteiger partial charge in [-0.05, 0) is 37.3 Å². The molecule has 2 nitrogen and oxygen atoms in total. The van der Waals surface area contributed by atoms with E-state index in [1.165, 1.54) is 17.5 Å². The van der Waals surface area contributed by atoms with Crippen molar-refractivity contribution in [2.24, 2.45) is 11.8 Å². The Morgan fingerprint density at radius 3 is 2.74 bits per heavy atom. The Morgan fingerprint density at radius 2 is 2.11 bits per heavy atom. The van der Waals surface area contributed by atoms with Gasteiger partial charge >= 0.3 is 0 Å². The largest absolute Gasteiger partial charge is 0.383 e. The first-order valence-electron chi connectivity index (χ1n) is 7.42. The van der Waals surface area contributed by atoms with Gasteiger partial charge in [0.05, 0.1) is 6.61 Å². The molecule has 1 rings (SSSR count). The molecule has 0 saturated carbocycles. The van der Waals surface area contributed by atoms with Gasteiger partial charge in [0.15, 0.2) is 0 Å². The number of benzene rings is 1. The van der Waals surface area contributed by atoms with Crippen molar-refractivity contribution in [3.05, 3.63) is 35.4 Å². The van der Waals surface area contributed by atoms with E-state index in [0.29, 0.717) is 5.92 Å². The molecule has 0 bridgehead atoms. The molecule has 0 heterocycles. The lowest BCUT2D eigenvalue weighted by Gasteiger charge is -2.24. The third kappa shape index (κ3) is 6.22. The smallest absolute Gasteiger partial charge is 0.0587 e. The van der Waals surface area contributed by atoms with E-state index < -0.39 is 0 Å². The van der Waals surface area contributed by atoms with Crippen molar-refractivity contribution in [1.29, 1.82) is 0 Å². The van der Waals surface area contributed by atoms with Gasteiger partial charge in [0.1, 0.15) is 0 Å². The highest BCUT2D eigenvalue weighted by molar-refractivity contribution is 5.22. The third-order valence-electron chi connectivity index (χ3n) is 3.92. The van der Waals surface area contributed by atoms with E-state index in [-0.39, 0.29) is 0 Å². The SMILES string of the molecule is CCC(C)C(CNCCOC)Cc1cccc(C)c1. The van der Waals surface area contributed by atoms with Crippen molar-refractivity contribution in [3.63, 3.8) is 0 Å². The second-order valence-electron chi connectivity index (χ2n) is 5.54. The maximum absolute atomic E-state index is 5.08. The van der Waals surface area contributed by atoms with Crippen LogP contribution in [0.3, 0.4) is 0 Å². The Labute approximate surface area is 118 Å². The predicted octanol–water partition coefficient (Wildman–Crippen LogP) is 3.44. The summed E-state index contributed by atoms with van der Waals surface area (Å²) in [7, 11) is 1.75. The number of ether oxygens (including phenoxy) is 1. The molecule has 0 spiro atoms. The summed E-state index contributed by atoms with van der Waals surface area (Å²) in [6, 6.07) is 8.89. The van der Waals surface area contributed by atoms with Crippen LogP contribution in [-0.4, -0.2) is 26.8 Å². The normalized spacial score (nSPS) is 14.3. The van der Waals surface area contributed by atoms with Crippen LogP contribution in [0.5, 0.6) is 0 Å². The molecule has 0 aliphatic heterocycles. The van der Waals surface area contributed by atoms with E-state index >= 15 is 0 Å². The zero-order valence-electron chi connectivity index (χ0n) is 12.9. The molecule has 2 atom stereocenters. The van der Waals surface area contributed by atoms with Gasteiger partial charge in [-0.3, -0.25) is 0 Å². The highest BCUT2D eigenvalue weighted by Crippen LogP contribution is 2.20. The highest BCUT2D eigenvalue weighted by Gasteiger charge is 2.16. The minimum Gasteiger partial charge on any atom is -0.383 e. The zero-order valence-corrected chi connectivity index (χ0v) is 12.9. The first-order chi connectivity index (χ1) is 9.17. The number of aryl methyl sites for hydroxylation is 1. The molecule has 2 unspecified atom stereocenters. The van der Waals surface area contributed by atoms with E-state index in [0.717, 1.165) is 32.0 Å². The molecular weight excluding hydrogens is 234 g/mol. The van der Waals surface area contributed by atoms with E-state index in [9.17, 15) is 0 Å². The molecule has 1 N–H and O–H groups in total. The van der Waals surface area contributed by atoms with Gasteiger partial charge in [-0.1, -0.05) is 50.1 Å². The number of nitrogens with one attached hydrogen (secondary N) is 1. The third-order valence-corrected chi connectivity index (χ3v) is 3.92. The molecule has 1 aromatic rings. The quantitative estimate of drug-likeness (QED) is 0.689. The lowest BCUT2D eigenvalue weighted by atomic mass is 9.86. The fourth-order valence-corrected chi connectivity index (χ4v) is 2.41. The molecule has 0 fully saturated rings. The average Bonchev–Trinajstić information content (AvgIpc) is 2.41. The van der Waals surface area contributed by atoms with Crippen molar-refractivity contribution >= 4 is 0 Å². The molecule has 108 valence electrons. The van der Waals surface area contributed by atoms with Crippen molar-refractivity contribution in [3.8, 4) is 0 Å². The summed E-state index contributed by atoms with van der Waals surface area (Å²) in [6.07, 6.45) is 2.40. The second-order valence-corrected chi connectivity index (χ2v) is 5.54. The van der Waals surface area contributed by atoms with Crippen LogP contribution in [0.15, 0.2) is 24.3 Å². The first kappa shape index (κ1) is 16.2. The molecular formula is C17H29NO. The minimum atomic E-state index is 0.698. The van der Waals surface area contributed by atoms with Gasteiger partial charge in [0, 0.05) is 13.7 Å². The van der Waals surface area contributed by atoms with Gasteiger partial charge in [-0.15, -0.1) is 0 Å². The van der Waals surface area contributed by atoms with E-state index in [1.807, 2.05) is 0 Å². The van der Waals surface area contributed by atoms with Crippen LogP contribution < -0.4 is 5.32 Å². The lowest BCUT2D eigenvalue weighted by molar-refractivity contribution is 0.195. The number of methoxy groups -OCH3 is 1. The van der Waals surface area contributed by atoms with Crippen LogP contribution in [0.25, 0.3) is 0 Å². The predicted molar refractivity (Wildman–Crippen MR) is 82.6 cm³/mol. The average molecular weight is 263 g/mol. The summed E-state index contributed by atoms with van der Waals surface area (Å²) in [6.45, 7) is 9.61. The fourth-order valence-electron chi connectivity index (χ4n) is 2.41. The topological polar surface area (TPSA) is 21.3 Å². The molecule has 2 heteroatoms. The Bertz CT molecular complexity index is 351. The van der Waals surface area contributed by atoms with Crippen LogP contribution in [0.2, 0.25) is 0 Å². The molecule has 0 saturated heterocycles. The molecule has 0 aromatic heterocycles. The molecule has 0 amide bonds. The molecule has 0 aliphatic carbocycles. The Balaban J connectivity index is 2.53. The standard InChI is InChI=1S/C17H29NO/c1-5-15(3)17(13-18-9-10-19-4)12-16-8-6-7-14(2)11-16/h6-8,11,15,17-18H,5,9-10,12-13H2,1-4H3. The summed E-state index contributed by atoms with van der Waals surface area (Å²) in [5.41, 5.74) is 2.81. The lowest BCUT2D eigenvalue weighted by Crippen LogP contribution is -2.30. The van der Waals surface area contributed by atoms with Crippen LogP contribution >= 0.6 is 0 Å². The van der Waals surface area contributed by atoms with Crippen LogP contribution in [0.4, 0.5) is 0 Å². The maximum atomic E-state index is 5.08. The molecule has 1 aromatic carbocycles. The molecule has 0 radical (unpaired) electrons. The van der Waals surface area contributed by atoms with Gasteiger partial charge in [0.25, 0.3) is 0 Å². The Hall–Kier alpha value is -0.860. The minimum absolute atomic E-state index is 0.698.